The molecule has 130 valence electrons. The van der Waals surface area contributed by atoms with Crippen molar-refractivity contribution in [3.05, 3.63) is 57.9 Å². The molecule has 1 amide bonds. The number of thiazole rings is 1. The third-order valence-corrected chi connectivity index (χ3v) is 5.24. The van der Waals surface area contributed by atoms with Crippen LogP contribution in [0.4, 0.5) is 0 Å². The Morgan fingerprint density at radius 1 is 1.20 bits per heavy atom. The fourth-order valence-electron chi connectivity index (χ4n) is 2.49. The zero-order valence-corrected chi connectivity index (χ0v) is 15.4. The second-order valence-corrected chi connectivity index (χ2v) is 6.62. The lowest BCUT2D eigenvalue weighted by Crippen LogP contribution is -2.19. The van der Waals surface area contributed by atoms with E-state index in [-0.39, 0.29) is 5.91 Å². The van der Waals surface area contributed by atoms with Crippen molar-refractivity contribution in [1.82, 2.24) is 4.57 Å². The predicted molar refractivity (Wildman–Crippen MR) is 99.6 cm³/mol. The van der Waals surface area contributed by atoms with Gasteiger partial charge in [-0.2, -0.15) is 4.99 Å². The highest BCUT2D eigenvalue weighted by Gasteiger charge is 2.15. The normalized spacial score (nSPS) is 11.9. The third kappa shape index (κ3) is 3.61. The van der Waals surface area contributed by atoms with E-state index in [0.717, 1.165) is 10.2 Å². The molecule has 0 spiro atoms. The van der Waals surface area contributed by atoms with E-state index in [0.29, 0.717) is 34.3 Å². The quantitative estimate of drug-likeness (QED) is 0.681. The molecule has 0 aliphatic carbocycles. The van der Waals surface area contributed by atoms with Gasteiger partial charge in [-0.1, -0.05) is 41.1 Å². The van der Waals surface area contributed by atoms with E-state index >= 15 is 0 Å². The Hall–Kier alpha value is -2.15. The summed E-state index contributed by atoms with van der Waals surface area (Å²) in [5.41, 5.74) is 1.35. The van der Waals surface area contributed by atoms with Crippen LogP contribution in [0.15, 0.2) is 47.5 Å². The fourth-order valence-corrected chi connectivity index (χ4v) is 3.84. The van der Waals surface area contributed by atoms with Gasteiger partial charge in [-0.25, -0.2) is 0 Å². The second kappa shape index (κ2) is 7.82. The number of carbonyl (C=O) groups excluding carboxylic acids is 1. The van der Waals surface area contributed by atoms with Crippen molar-refractivity contribution in [2.24, 2.45) is 4.99 Å². The fraction of sp³-hybridized carbons (Fsp3) is 0.222. The van der Waals surface area contributed by atoms with Gasteiger partial charge in [0.05, 0.1) is 23.4 Å². The minimum atomic E-state index is -0.298. The van der Waals surface area contributed by atoms with Crippen LogP contribution >= 0.6 is 22.9 Å². The average Bonchev–Trinajstić information content (AvgIpc) is 3.00. The highest BCUT2D eigenvalue weighted by molar-refractivity contribution is 7.17. The van der Waals surface area contributed by atoms with Crippen molar-refractivity contribution in [2.45, 2.75) is 6.54 Å². The summed E-state index contributed by atoms with van der Waals surface area (Å²) in [7, 11) is 3.23. The summed E-state index contributed by atoms with van der Waals surface area (Å²) in [5, 5.41) is 0.598. The summed E-state index contributed by atoms with van der Waals surface area (Å²) >= 11 is 7.70. The summed E-state index contributed by atoms with van der Waals surface area (Å²) in [6.45, 7) is 1.02. The molecule has 0 saturated carbocycles. The molecule has 7 heteroatoms. The lowest BCUT2D eigenvalue weighted by Gasteiger charge is -2.08. The molecule has 0 bridgehead atoms. The van der Waals surface area contributed by atoms with Crippen molar-refractivity contribution in [1.29, 1.82) is 0 Å². The van der Waals surface area contributed by atoms with Gasteiger partial charge >= 0.3 is 0 Å². The largest absolute Gasteiger partial charge is 0.495 e. The van der Waals surface area contributed by atoms with Crippen molar-refractivity contribution < 1.29 is 14.3 Å². The first-order valence-corrected chi connectivity index (χ1v) is 8.84. The monoisotopic (exact) mass is 376 g/mol. The number of benzene rings is 2. The molecule has 0 aliphatic rings. The van der Waals surface area contributed by atoms with E-state index in [1.165, 1.54) is 11.3 Å². The van der Waals surface area contributed by atoms with Gasteiger partial charge in [0.2, 0.25) is 0 Å². The Kier molecular flexibility index (Phi) is 5.53. The number of rotatable bonds is 5. The maximum atomic E-state index is 12.5. The van der Waals surface area contributed by atoms with Crippen molar-refractivity contribution >= 4 is 39.1 Å². The molecule has 0 aliphatic heterocycles. The Morgan fingerprint density at radius 2 is 1.96 bits per heavy atom. The highest BCUT2D eigenvalue weighted by atomic mass is 35.5. The molecule has 0 fully saturated rings. The van der Waals surface area contributed by atoms with E-state index in [1.54, 1.807) is 32.4 Å². The number of halogens is 1. The van der Waals surface area contributed by atoms with Gasteiger partial charge in [0.15, 0.2) is 4.80 Å². The van der Waals surface area contributed by atoms with Crippen LogP contribution in [0, 0.1) is 0 Å². The minimum absolute atomic E-state index is 0.298. The first kappa shape index (κ1) is 17.7. The lowest BCUT2D eigenvalue weighted by molar-refractivity contribution is 0.0997. The summed E-state index contributed by atoms with van der Waals surface area (Å²) in [5.74, 6) is 0.383. The summed E-state index contributed by atoms with van der Waals surface area (Å²) in [6, 6.07) is 12.6. The maximum Gasteiger partial charge on any atom is 0.279 e. The molecule has 5 nitrogen and oxygen atoms in total. The Morgan fingerprint density at radius 3 is 2.64 bits per heavy atom. The SMILES string of the molecule is COCCn1c(=NC(=O)c2ccccc2)sc2c(Cl)ccc(OC)c21. The van der Waals surface area contributed by atoms with Crippen LogP contribution in [-0.2, 0) is 11.3 Å². The molecule has 3 aromatic rings. The first-order chi connectivity index (χ1) is 12.2. The summed E-state index contributed by atoms with van der Waals surface area (Å²) in [4.78, 5) is 17.4. The van der Waals surface area contributed by atoms with E-state index in [4.69, 9.17) is 21.1 Å². The molecule has 1 aromatic heterocycles. The van der Waals surface area contributed by atoms with Crippen LogP contribution < -0.4 is 9.54 Å². The van der Waals surface area contributed by atoms with Crippen LogP contribution in [0.5, 0.6) is 5.75 Å². The van der Waals surface area contributed by atoms with Crippen LogP contribution in [0.25, 0.3) is 10.2 Å². The maximum absolute atomic E-state index is 12.5. The average molecular weight is 377 g/mol. The minimum Gasteiger partial charge on any atom is -0.495 e. The molecule has 0 N–H and O–H groups in total. The molecule has 2 aromatic carbocycles. The molecular weight excluding hydrogens is 360 g/mol. The van der Waals surface area contributed by atoms with Crippen molar-refractivity contribution in [2.75, 3.05) is 20.8 Å². The molecule has 3 rings (SSSR count). The summed E-state index contributed by atoms with van der Waals surface area (Å²) in [6.07, 6.45) is 0. The number of nitrogens with zero attached hydrogens (tertiary/aromatic N) is 2. The van der Waals surface area contributed by atoms with Crippen LogP contribution in [-0.4, -0.2) is 31.3 Å². The van der Waals surface area contributed by atoms with Gasteiger partial charge in [-0.15, -0.1) is 0 Å². The van der Waals surface area contributed by atoms with Gasteiger partial charge < -0.3 is 14.0 Å². The zero-order chi connectivity index (χ0) is 17.8. The number of methoxy groups -OCH3 is 2. The summed E-state index contributed by atoms with van der Waals surface area (Å²) < 4.78 is 13.4. The third-order valence-electron chi connectivity index (χ3n) is 3.70. The molecule has 25 heavy (non-hydrogen) atoms. The van der Waals surface area contributed by atoms with Gasteiger partial charge in [0.1, 0.15) is 11.3 Å². The standard InChI is InChI=1S/C18H17ClN2O3S/c1-23-11-10-21-15-14(24-2)9-8-13(19)16(15)25-18(21)20-17(22)12-6-4-3-5-7-12/h3-9H,10-11H2,1-2H3. The zero-order valence-electron chi connectivity index (χ0n) is 13.9. The second-order valence-electron chi connectivity index (χ2n) is 5.24. The highest BCUT2D eigenvalue weighted by Crippen LogP contribution is 2.33. The molecule has 0 saturated heterocycles. The van der Waals surface area contributed by atoms with E-state index in [1.807, 2.05) is 28.8 Å². The smallest absolute Gasteiger partial charge is 0.279 e. The van der Waals surface area contributed by atoms with Crippen molar-refractivity contribution in [3.63, 3.8) is 0 Å². The first-order valence-electron chi connectivity index (χ1n) is 7.64. The Labute approximate surface area is 154 Å². The topological polar surface area (TPSA) is 52.8 Å². The molecular formula is C18H17ClN2O3S. The van der Waals surface area contributed by atoms with Gasteiger partial charge in [0, 0.05) is 19.2 Å². The molecule has 0 atom stereocenters. The Balaban J connectivity index is 2.21. The number of ether oxygens (including phenoxy) is 2. The lowest BCUT2D eigenvalue weighted by atomic mass is 10.2. The molecule has 0 unspecified atom stereocenters. The molecule has 1 heterocycles. The van der Waals surface area contributed by atoms with Gasteiger partial charge in [0.25, 0.3) is 5.91 Å². The van der Waals surface area contributed by atoms with E-state index in [2.05, 4.69) is 4.99 Å². The number of hydrogen-bond donors (Lipinski definition) is 0. The number of fused-ring (bicyclic) bond motifs is 1. The van der Waals surface area contributed by atoms with Crippen molar-refractivity contribution in [3.8, 4) is 5.75 Å². The predicted octanol–water partition coefficient (Wildman–Crippen LogP) is 3.75. The Bertz CT molecular complexity index is 964. The van der Waals surface area contributed by atoms with Gasteiger partial charge in [-0.05, 0) is 24.3 Å². The number of amides is 1. The van der Waals surface area contributed by atoms with E-state index in [9.17, 15) is 4.79 Å². The molecule has 0 radical (unpaired) electrons. The van der Waals surface area contributed by atoms with Crippen LogP contribution in [0.1, 0.15) is 10.4 Å². The van der Waals surface area contributed by atoms with E-state index < -0.39 is 0 Å². The number of carbonyl (C=O) groups is 1. The number of aromatic nitrogens is 1. The van der Waals surface area contributed by atoms with Crippen LogP contribution in [0.3, 0.4) is 0 Å². The number of hydrogen-bond acceptors (Lipinski definition) is 4. The van der Waals surface area contributed by atoms with Gasteiger partial charge in [-0.3, -0.25) is 4.79 Å². The van der Waals surface area contributed by atoms with Crippen LogP contribution in [0.2, 0.25) is 5.02 Å².